The van der Waals surface area contributed by atoms with Gasteiger partial charge in [0.25, 0.3) is 0 Å². The quantitative estimate of drug-likeness (QED) is 0.753. The first-order chi connectivity index (χ1) is 6.75. The van der Waals surface area contributed by atoms with Gasteiger partial charge in [-0.1, -0.05) is 6.92 Å². The van der Waals surface area contributed by atoms with E-state index in [9.17, 15) is 13.2 Å². The molecule has 15 heavy (non-hydrogen) atoms. The van der Waals surface area contributed by atoms with Gasteiger partial charge in [-0.25, -0.2) is 0 Å². The number of rotatable bonds is 6. The van der Waals surface area contributed by atoms with Crippen LogP contribution in [-0.2, 0) is 0 Å². The van der Waals surface area contributed by atoms with E-state index in [1.807, 2.05) is 25.8 Å². The van der Waals surface area contributed by atoms with Gasteiger partial charge < -0.3 is 5.73 Å². The van der Waals surface area contributed by atoms with Gasteiger partial charge in [-0.15, -0.1) is 0 Å². The number of nitrogens with two attached hydrogens (primary N) is 1. The van der Waals surface area contributed by atoms with Crippen molar-refractivity contribution in [1.82, 2.24) is 4.90 Å². The van der Waals surface area contributed by atoms with Crippen molar-refractivity contribution in [2.24, 2.45) is 5.73 Å². The van der Waals surface area contributed by atoms with Crippen LogP contribution < -0.4 is 5.73 Å². The molecule has 1 atom stereocenters. The second-order valence-corrected chi connectivity index (χ2v) is 4.18. The second-order valence-electron chi connectivity index (χ2n) is 4.18. The molecule has 5 heteroatoms. The van der Waals surface area contributed by atoms with Crippen molar-refractivity contribution in [3.8, 4) is 0 Å². The number of nitrogens with zero attached hydrogens (tertiary/aromatic N) is 1. The molecule has 0 saturated carbocycles. The molecule has 0 aliphatic rings. The fourth-order valence-electron chi connectivity index (χ4n) is 1.50. The average Bonchev–Trinajstić information content (AvgIpc) is 2.14. The molecule has 2 N–H and O–H groups in total. The van der Waals surface area contributed by atoms with E-state index in [-0.39, 0.29) is 12.0 Å². The van der Waals surface area contributed by atoms with Crippen LogP contribution in [0.3, 0.4) is 0 Å². The predicted octanol–water partition coefficient (Wildman–Crippen LogP) is 2.39. The van der Waals surface area contributed by atoms with Gasteiger partial charge in [-0.2, -0.15) is 13.2 Å². The van der Waals surface area contributed by atoms with Gasteiger partial charge in [0, 0.05) is 18.5 Å². The fourth-order valence-corrected chi connectivity index (χ4v) is 1.50. The first-order valence-electron chi connectivity index (χ1n) is 5.23. The van der Waals surface area contributed by atoms with Crippen LogP contribution in [0, 0.1) is 0 Å². The zero-order valence-corrected chi connectivity index (χ0v) is 9.69. The molecule has 0 heterocycles. The Morgan fingerprint density at radius 1 is 1.20 bits per heavy atom. The fraction of sp³-hybridized carbons (Fsp3) is 1.00. The highest BCUT2D eigenvalue weighted by atomic mass is 19.4. The lowest BCUT2D eigenvalue weighted by molar-refractivity contribution is -0.136. The Hall–Kier alpha value is -0.290. The van der Waals surface area contributed by atoms with E-state index >= 15 is 0 Å². The Bertz CT molecular complexity index is 182. The lowest BCUT2D eigenvalue weighted by Gasteiger charge is -2.37. The van der Waals surface area contributed by atoms with Gasteiger partial charge >= 0.3 is 6.18 Å². The summed E-state index contributed by atoms with van der Waals surface area (Å²) < 4.78 is 35.9. The van der Waals surface area contributed by atoms with Crippen molar-refractivity contribution in [2.45, 2.75) is 44.8 Å². The summed E-state index contributed by atoms with van der Waals surface area (Å²) >= 11 is 0. The molecular weight excluding hydrogens is 205 g/mol. The van der Waals surface area contributed by atoms with Crippen molar-refractivity contribution in [3.05, 3.63) is 0 Å². The maximum atomic E-state index is 12.0. The molecule has 0 saturated heterocycles. The largest absolute Gasteiger partial charge is 0.389 e. The molecule has 0 radical (unpaired) electrons. The number of halogens is 3. The van der Waals surface area contributed by atoms with Crippen molar-refractivity contribution >= 4 is 0 Å². The minimum absolute atomic E-state index is 0.140. The zero-order valence-electron chi connectivity index (χ0n) is 9.69. The van der Waals surface area contributed by atoms with E-state index in [2.05, 4.69) is 0 Å². The van der Waals surface area contributed by atoms with E-state index in [4.69, 9.17) is 5.73 Å². The maximum absolute atomic E-state index is 12.0. The van der Waals surface area contributed by atoms with Crippen LogP contribution in [0.2, 0.25) is 0 Å². The number of hydrogen-bond donors (Lipinski definition) is 1. The molecule has 0 aromatic heterocycles. The third-order valence-electron chi connectivity index (χ3n) is 3.01. The van der Waals surface area contributed by atoms with Crippen molar-refractivity contribution in [2.75, 3.05) is 20.1 Å². The van der Waals surface area contributed by atoms with E-state index in [0.717, 1.165) is 6.54 Å². The van der Waals surface area contributed by atoms with Crippen LogP contribution in [0.4, 0.5) is 13.2 Å². The van der Waals surface area contributed by atoms with E-state index in [0.29, 0.717) is 13.0 Å². The molecule has 1 unspecified atom stereocenters. The van der Waals surface area contributed by atoms with E-state index in [1.54, 1.807) is 0 Å². The van der Waals surface area contributed by atoms with Gasteiger partial charge in [0.1, 0.15) is 0 Å². The van der Waals surface area contributed by atoms with Gasteiger partial charge in [0.2, 0.25) is 0 Å². The van der Waals surface area contributed by atoms with Crippen molar-refractivity contribution in [1.29, 1.82) is 0 Å². The monoisotopic (exact) mass is 226 g/mol. The van der Waals surface area contributed by atoms with Crippen molar-refractivity contribution in [3.63, 3.8) is 0 Å². The van der Waals surface area contributed by atoms with Gasteiger partial charge in [-0.05, 0) is 33.4 Å². The molecule has 2 nitrogen and oxygen atoms in total. The number of likely N-dealkylation sites (N-methyl/N-ethyl adjacent to an activating group) is 1. The number of alkyl halides is 3. The first-order valence-corrected chi connectivity index (χ1v) is 5.23. The van der Waals surface area contributed by atoms with E-state index in [1.165, 1.54) is 0 Å². The topological polar surface area (TPSA) is 29.3 Å². The van der Waals surface area contributed by atoms with Crippen LogP contribution in [0.15, 0.2) is 0 Å². The summed E-state index contributed by atoms with van der Waals surface area (Å²) in [4.78, 5) is 2.00. The molecule has 0 aromatic carbocycles. The highest BCUT2D eigenvalue weighted by molar-refractivity contribution is 4.85. The molecule has 92 valence electrons. The first kappa shape index (κ1) is 14.7. The van der Waals surface area contributed by atoms with Gasteiger partial charge in [-0.3, -0.25) is 4.90 Å². The SMILES string of the molecule is CCN(C)C(C)(CN)CCCC(F)(F)F. The summed E-state index contributed by atoms with van der Waals surface area (Å²) in [5, 5.41) is 0. The lowest BCUT2D eigenvalue weighted by Crippen LogP contribution is -2.49. The molecule has 0 amide bonds. The minimum atomic E-state index is -4.06. The summed E-state index contributed by atoms with van der Waals surface area (Å²) in [7, 11) is 1.89. The Morgan fingerprint density at radius 3 is 2.07 bits per heavy atom. The summed E-state index contributed by atoms with van der Waals surface area (Å²) in [6.45, 7) is 5.06. The van der Waals surface area contributed by atoms with Crippen LogP contribution >= 0.6 is 0 Å². The molecule has 0 rings (SSSR count). The van der Waals surface area contributed by atoms with Crippen LogP contribution in [-0.4, -0.2) is 36.8 Å². The van der Waals surface area contributed by atoms with Crippen LogP contribution in [0.5, 0.6) is 0 Å². The third kappa shape index (κ3) is 5.37. The molecule has 0 aliphatic heterocycles. The Balaban J connectivity index is 4.10. The highest BCUT2D eigenvalue weighted by Gasteiger charge is 2.31. The standard InChI is InChI=1S/C10H21F3N2/c1-4-15(3)9(2,8-14)6-5-7-10(11,12)13/h4-8,14H2,1-3H3. The van der Waals surface area contributed by atoms with E-state index < -0.39 is 12.6 Å². The average molecular weight is 226 g/mol. The normalized spacial score (nSPS) is 16.8. The lowest BCUT2D eigenvalue weighted by atomic mass is 9.93. The molecule has 0 spiro atoms. The third-order valence-corrected chi connectivity index (χ3v) is 3.01. The Labute approximate surface area is 89.6 Å². The Kier molecular flexibility index (Phi) is 5.59. The molecule has 0 fully saturated rings. The summed E-state index contributed by atoms with van der Waals surface area (Å²) in [6.07, 6.45) is -4.16. The molecule has 0 aromatic rings. The van der Waals surface area contributed by atoms with Crippen LogP contribution in [0.25, 0.3) is 0 Å². The highest BCUT2D eigenvalue weighted by Crippen LogP contribution is 2.26. The minimum Gasteiger partial charge on any atom is -0.329 e. The zero-order chi connectivity index (χ0) is 12.1. The summed E-state index contributed by atoms with van der Waals surface area (Å²) in [5.74, 6) is 0. The van der Waals surface area contributed by atoms with Gasteiger partial charge in [0.15, 0.2) is 0 Å². The Morgan fingerprint density at radius 2 is 1.73 bits per heavy atom. The van der Waals surface area contributed by atoms with Gasteiger partial charge in [0.05, 0.1) is 0 Å². The van der Waals surface area contributed by atoms with Crippen molar-refractivity contribution < 1.29 is 13.2 Å². The molecule has 0 aliphatic carbocycles. The maximum Gasteiger partial charge on any atom is 0.389 e. The second kappa shape index (κ2) is 5.70. The molecular formula is C10H21F3N2. The number of hydrogen-bond acceptors (Lipinski definition) is 2. The smallest absolute Gasteiger partial charge is 0.329 e. The summed E-state index contributed by atoms with van der Waals surface area (Å²) in [6, 6.07) is 0. The predicted molar refractivity (Wildman–Crippen MR) is 55.7 cm³/mol. The molecule has 0 bridgehead atoms. The summed E-state index contributed by atoms with van der Waals surface area (Å²) in [5.41, 5.74) is 5.29. The van der Waals surface area contributed by atoms with Crippen LogP contribution in [0.1, 0.15) is 33.1 Å².